The molecule has 2 fully saturated rings. The van der Waals surface area contributed by atoms with E-state index in [4.69, 9.17) is 9.84 Å². The molecule has 0 spiro atoms. The van der Waals surface area contributed by atoms with Crippen LogP contribution in [-0.2, 0) is 17.0 Å². The first-order chi connectivity index (χ1) is 16.9. The summed E-state index contributed by atoms with van der Waals surface area (Å²) in [6, 6.07) is 8.46. The third-order valence-corrected chi connectivity index (χ3v) is 9.47. The number of nitriles is 1. The zero-order valence-corrected chi connectivity index (χ0v) is 22.4. The van der Waals surface area contributed by atoms with Gasteiger partial charge in [0.05, 0.1) is 18.7 Å². The summed E-state index contributed by atoms with van der Waals surface area (Å²) in [5.74, 6) is 0. The van der Waals surface area contributed by atoms with Crippen molar-refractivity contribution in [3.63, 3.8) is 0 Å². The molecule has 7 nitrogen and oxygen atoms in total. The lowest BCUT2D eigenvalue weighted by molar-refractivity contribution is -0.0358. The first-order valence-corrected chi connectivity index (χ1v) is 16.8. The highest BCUT2D eigenvalue weighted by Crippen LogP contribution is 2.38. The van der Waals surface area contributed by atoms with Crippen LogP contribution < -0.4 is 0 Å². The molecule has 0 radical (unpaired) electrons. The second-order valence-electron chi connectivity index (χ2n) is 11.7. The van der Waals surface area contributed by atoms with Gasteiger partial charge >= 0.3 is 0 Å². The normalized spacial score (nSPS) is 19.0. The predicted octanol–water partition coefficient (Wildman–Crippen LogP) is 5.47. The predicted molar refractivity (Wildman–Crippen MR) is 142 cm³/mol. The number of fused-ring (bicyclic) bond motifs is 1. The van der Waals surface area contributed by atoms with E-state index in [1.54, 1.807) is 0 Å². The maximum Gasteiger partial charge on any atom is 0.142 e. The Morgan fingerprint density at radius 3 is 2.71 bits per heavy atom. The molecule has 35 heavy (non-hydrogen) atoms. The Balaban J connectivity index is 1.32. The number of ether oxygens (including phenoxy) is 1. The Hall–Kier alpha value is -2.47. The van der Waals surface area contributed by atoms with Gasteiger partial charge in [-0.2, -0.15) is 10.4 Å². The first kappa shape index (κ1) is 24.2. The monoisotopic (exact) mass is 490 g/mol. The number of rotatable bonds is 9. The summed E-state index contributed by atoms with van der Waals surface area (Å²) < 4.78 is 10.1. The topological polar surface area (TPSA) is 71.9 Å². The third-order valence-electron chi connectivity index (χ3n) is 7.76. The van der Waals surface area contributed by atoms with Crippen LogP contribution >= 0.6 is 0 Å². The summed E-state index contributed by atoms with van der Waals surface area (Å²) >= 11 is 0. The molecule has 186 valence electrons. The molecule has 2 aliphatic rings. The zero-order valence-electron chi connectivity index (χ0n) is 21.4. The maximum atomic E-state index is 9.60. The molecule has 1 aliphatic carbocycles. The molecule has 3 aromatic rings. The van der Waals surface area contributed by atoms with E-state index in [0.29, 0.717) is 19.2 Å². The highest BCUT2D eigenvalue weighted by Gasteiger charge is 2.47. The molecule has 4 heterocycles. The van der Waals surface area contributed by atoms with Gasteiger partial charge in [0.1, 0.15) is 17.9 Å². The highest BCUT2D eigenvalue weighted by molar-refractivity contribution is 6.76. The van der Waals surface area contributed by atoms with Crippen molar-refractivity contribution in [2.24, 2.45) is 0 Å². The first-order valence-electron chi connectivity index (χ1n) is 13.1. The Kier molecular flexibility index (Phi) is 6.84. The van der Waals surface area contributed by atoms with Crippen LogP contribution in [0.15, 0.2) is 36.9 Å². The van der Waals surface area contributed by atoms with Crippen LogP contribution in [0.1, 0.15) is 38.5 Å². The average Bonchev–Trinajstić information content (AvgIpc) is 3.47. The average molecular weight is 491 g/mol. The lowest BCUT2D eigenvalue weighted by atomic mass is 9.82. The highest BCUT2D eigenvalue weighted by atomic mass is 28.3. The summed E-state index contributed by atoms with van der Waals surface area (Å²) in [5, 5.41) is 15.5. The number of pyridine rings is 1. The Morgan fingerprint density at radius 1 is 1.17 bits per heavy atom. The van der Waals surface area contributed by atoms with E-state index < -0.39 is 8.07 Å². The van der Waals surface area contributed by atoms with E-state index in [1.165, 1.54) is 32.1 Å². The van der Waals surface area contributed by atoms with Crippen molar-refractivity contribution in [2.75, 3.05) is 19.7 Å². The summed E-state index contributed by atoms with van der Waals surface area (Å²) in [6.07, 6.45) is 15.1. The molecule has 0 N–H and O–H groups in total. The molecule has 0 unspecified atom stereocenters. The van der Waals surface area contributed by atoms with E-state index in [2.05, 4.69) is 69.4 Å². The van der Waals surface area contributed by atoms with Crippen molar-refractivity contribution in [1.29, 1.82) is 5.26 Å². The second-order valence-corrected chi connectivity index (χ2v) is 17.3. The Labute approximate surface area is 209 Å². The smallest absolute Gasteiger partial charge is 0.142 e. The zero-order chi connectivity index (χ0) is 24.5. The molecule has 3 aromatic heterocycles. The van der Waals surface area contributed by atoms with Crippen LogP contribution in [0, 0.1) is 11.3 Å². The van der Waals surface area contributed by atoms with Gasteiger partial charge in [-0.3, -0.25) is 9.58 Å². The molecule has 0 aromatic carbocycles. The Bertz CT molecular complexity index is 1190. The summed E-state index contributed by atoms with van der Waals surface area (Å²) in [7, 11) is -1.10. The number of hydrogen-bond donors (Lipinski definition) is 0. The minimum Gasteiger partial charge on any atom is -0.361 e. The van der Waals surface area contributed by atoms with Gasteiger partial charge in [-0.1, -0.05) is 38.9 Å². The molecule has 1 saturated carbocycles. The van der Waals surface area contributed by atoms with Gasteiger partial charge in [-0.15, -0.1) is 0 Å². The van der Waals surface area contributed by atoms with Gasteiger partial charge in [0, 0.05) is 63.4 Å². The summed E-state index contributed by atoms with van der Waals surface area (Å²) in [4.78, 5) is 7.22. The van der Waals surface area contributed by atoms with Crippen molar-refractivity contribution >= 4 is 19.1 Å². The van der Waals surface area contributed by atoms with Crippen LogP contribution in [0.5, 0.6) is 0 Å². The van der Waals surface area contributed by atoms with E-state index in [1.807, 2.05) is 12.4 Å². The molecular formula is C27H38N6OSi. The van der Waals surface area contributed by atoms with Crippen LogP contribution in [0.3, 0.4) is 0 Å². The summed E-state index contributed by atoms with van der Waals surface area (Å²) in [5.41, 5.74) is 2.91. The molecule has 0 amide bonds. The minimum absolute atomic E-state index is 0.216. The van der Waals surface area contributed by atoms with E-state index in [9.17, 15) is 5.26 Å². The van der Waals surface area contributed by atoms with Crippen molar-refractivity contribution in [3.8, 4) is 17.2 Å². The molecule has 8 heteroatoms. The SMILES string of the molecule is C[Si](C)(C)CCOCn1ccc2c(-c3cnn(C4(CC#N)CN(C5CCCCC5)C4)c3)ccnc21. The van der Waals surface area contributed by atoms with Crippen molar-refractivity contribution in [2.45, 2.75) is 82.5 Å². The van der Waals surface area contributed by atoms with Crippen molar-refractivity contribution in [1.82, 2.24) is 24.2 Å². The van der Waals surface area contributed by atoms with E-state index >= 15 is 0 Å². The fourth-order valence-corrected chi connectivity index (χ4v) is 6.36. The van der Waals surface area contributed by atoms with Gasteiger partial charge in [0.25, 0.3) is 0 Å². The molecular weight excluding hydrogens is 452 g/mol. The quantitative estimate of drug-likeness (QED) is 0.294. The van der Waals surface area contributed by atoms with Crippen molar-refractivity contribution < 1.29 is 4.74 Å². The van der Waals surface area contributed by atoms with E-state index in [0.717, 1.165) is 47.9 Å². The lowest BCUT2D eigenvalue weighted by Gasteiger charge is -2.53. The van der Waals surface area contributed by atoms with Gasteiger partial charge in [0.2, 0.25) is 0 Å². The number of likely N-dealkylation sites (tertiary alicyclic amines) is 1. The van der Waals surface area contributed by atoms with Gasteiger partial charge in [-0.25, -0.2) is 4.98 Å². The fraction of sp³-hybridized carbons (Fsp3) is 0.593. The molecule has 1 aliphatic heterocycles. The number of hydrogen-bond acceptors (Lipinski definition) is 5. The number of aromatic nitrogens is 4. The number of nitrogens with zero attached hydrogens (tertiary/aromatic N) is 6. The maximum absolute atomic E-state index is 9.60. The fourth-order valence-electron chi connectivity index (χ4n) is 5.61. The Morgan fingerprint density at radius 2 is 1.97 bits per heavy atom. The van der Waals surface area contributed by atoms with Gasteiger partial charge in [-0.05, 0) is 36.6 Å². The molecule has 0 atom stereocenters. The van der Waals surface area contributed by atoms with Crippen LogP contribution in [0.4, 0.5) is 0 Å². The van der Waals surface area contributed by atoms with Crippen LogP contribution in [-0.4, -0.2) is 58.0 Å². The molecule has 5 rings (SSSR count). The molecule has 1 saturated heterocycles. The minimum atomic E-state index is -1.10. The summed E-state index contributed by atoms with van der Waals surface area (Å²) in [6.45, 7) is 10.3. The lowest BCUT2D eigenvalue weighted by Crippen LogP contribution is -2.65. The van der Waals surface area contributed by atoms with Gasteiger partial charge in [0.15, 0.2) is 0 Å². The van der Waals surface area contributed by atoms with Crippen LogP contribution in [0.25, 0.3) is 22.2 Å². The van der Waals surface area contributed by atoms with E-state index in [-0.39, 0.29) is 5.54 Å². The second kappa shape index (κ2) is 9.88. The standard InChI is InChI=1S/C27H38N6OSi/c1-35(2,3)16-15-34-21-31-14-10-25-24(9-13-29-26(25)31)22-17-30-33(18-22)27(11-12-28)19-32(20-27)23-7-5-4-6-8-23/h9-10,13-14,17-18,23H,4-8,11,15-16,19-21H2,1-3H3. The van der Waals surface area contributed by atoms with Crippen LogP contribution in [0.2, 0.25) is 25.7 Å². The molecule has 0 bridgehead atoms. The van der Waals surface area contributed by atoms with Gasteiger partial charge < -0.3 is 9.30 Å². The third kappa shape index (κ3) is 5.08. The largest absolute Gasteiger partial charge is 0.361 e. The van der Waals surface area contributed by atoms with Crippen molar-refractivity contribution in [3.05, 3.63) is 36.9 Å².